The highest BCUT2D eigenvalue weighted by molar-refractivity contribution is 7.89. The Hall–Kier alpha value is -1.57. The van der Waals surface area contributed by atoms with E-state index in [0.717, 1.165) is 10.6 Å². The van der Waals surface area contributed by atoms with Gasteiger partial charge in [0.25, 0.3) is 0 Å². The molecule has 0 atom stereocenters. The number of aryl methyl sites for hydroxylation is 1. The largest absolute Gasteiger partial charge is 0.295 e. The third-order valence-corrected chi connectivity index (χ3v) is 5.15. The number of rotatable bonds is 5. The van der Waals surface area contributed by atoms with Gasteiger partial charge in [-0.2, -0.15) is 0 Å². The second-order valence-electron chi connectivity index (χ2n) is 4.27. The van der Waals surface area contributed by atoms with Crippen molar-refractivity contribution in [2.75, 3.05) is 0 Å². The number of nitrogens with zero attached hydrogens (tertiary/aromatic N) is 1. The predicted octanol–water partition coefficient (Wildman–Crippen LogP) is 2.13. The number of thiazole rings is 1. The molecule has 0 aliphatic rings. The first-order chi connectivity index (χ1) is 9.40. The molecule has 2 aromatic rings. The molecule has 20 heavy (non-hydrogen) atoms. The third kappa shape index (κ3) is 3.30. The van der Waals surface area contributed by atoms with Crippen LogP contribution in [-0.4, -0.2) is 19.2 Å². The Morgan fingerprint density at radius 2 is 2.15 bits per heavy atom. The summed E-state index contributed by atoms with van der Waals surface area (Å²) in [5, 5.41) is 0. The van der Waals surface area contributed by atoms with E-state index in [1.165, 1.54) is 30.4 Å². The quantitative estimate of drug-likeness (QED) is 0.858. The number of sulfonamides is 1. The molecule has 0 spiro atoms. The van der Waals surface area contributed by atoms with Crippen LogP contribution in [0.15, 0.2) is 34.7 Å². The van der Waals surface area contributed by atoms with E-state index in [2.05, 4.69) is 9.71 Å². The van der Waals surface area contributed by atoms with Crippen molar-refractivity contribution in [2.45, 2.75) is 25.3 Å². The fraction of sp³-hybridized carbons (Fsp3) is 0.231. The van der Waals surface area contributed by atoms with Crippen molar-refractivity contribution >= 4 is 27.1 Å². The van der Waals surface area contributed by atoms with Crippen molar-refractivity contribution in [3.05, 3.63) is 45.9 Å². The molecule has 0 radical (unpaired) electrons. The van der Waals surface area contributed by atoms with Gasteiger partial charge in [0.05, 0.1) is 16.1 Å². The molecule has 0 saturated carbocycles. The summed E-state index contributed by atoms with van der Waals surface area (Å²) in [6.45, 7) is 3.43. The first-order valence-corrected chi connectivity index (χ1v) is 8.26. The Morgan fingerprint density at radius 3 is 2.75 bits per heavy atom. The van der Waals surface area contributed by atoms with Gasteiger partial charge in [0.15, 0.2) is 5.78 Å². The maximum absolute atomic E-state index is 12.2. The molecular formula is C13H14N2O3S2. The number of Topliss-reactive ketones (excluding diaryl/α,β-unsaturated/α-hetero) is 1. The second-order valence-corrected chi connectivity index (χ2v) is 6.98. The van der Waals surface area contributed by atoms with Crippen LogP contribution in [0.1, 0.15) is 27.9 Å². The smallest absolute Gasteiger partial charge is 0.240 e. The summed E-state index contributed by atoms with van der Waals surface area (Å²) in [4.78, 5) is 16.3. The van der Waals surface area contributed by atoms with Gasteiger partial charge in [-0.1, -0.05) is 12.1 Å². The van der Waals surface area contributed by atoms with Gasteiger partial charge >= 0.3 is 0 Å². The van der Waals surface area contributed by atoms with Crippen LogP contribution >= 0.6 is 11.3 Å². The van der Waals surface area contributed by atoms with Gasteiger partial charge in [0.1, 0.15) is 0 Å². The Balaban J connectivity index is 2.20. The summed E-state index contributed by atoms with van der Waals surface area (Å²) in [7, 11) is -3.63. The lowest BCUT2D eigenvalue weighted by Gasteiger charge is -2.07. The van der Waals surface area contributed by atoms with Crippen molar-refractivity contribution < 1.29 is 13.2 Å². The van der Waals surface area contributed by atoms with E-state index < -0.39 is 10.0 Å². The molecule has 1 aromatic heterocycles. The first kappa shape index (κ1) is 14.8. The van der Waals surface area contributed by atoms with Crippen LogP contribution in [0, 0.1) is 6.92 Å². The van der Waals surface area contributed by atoms with Crippen LogP contribution in [0.4, 0.5) is 0 Å². The average molecular weight is 310 g/mol. The second kappa shape index (κ2) is 5.82. The monoisotopic (exact) mass is 310 g/mol. The Morgan fingerprint density at radius 1 is 1.40 bits per heavy atom. The molecule has 0 saturated heterocycles. The van der Waals surface area contributed by atoms with Crippen molar-refractivity contribution in [2.24, 2.45) is 0 Å². The highest BCUT2D eigenvalue weighted by atomic mass is 32.2. The molecule has 0 bridgehead atoms. The summed E-state index contributed by atoms with van der Waals surface area (Å²) in [6, 6.07) is 6.00. The van der Waals surface area contributed by atoms with E-state index in [0.29, 0.717) is 5.56 Å². The molecule has 0 aliphatic heterocycles. The van der Waals surface area contributed by atoms with Gasteiger partial charge in [-0.05, 0) is 26.0 Å². The van der Waals surface area contributed by atoms with Crippen LogP contribution in [0.2, 0.25) is 0 Å². The van der Waals surface area contributed by atoms with Crippen LogP contribution in [-0.2, 0) is 16.6 Å². The van der Waals surface area contributed by atoms with Crippen molar-refractivity contribution in [1.82, 2.24) is 9.71 Å². The maximum Gasteiger partial charge on any atom is 0.240 e. The van der Waals surface area contributed by atoms with E-state index in [1.807, 2.05) is 6.92 Å². The van der Waals surface area contributed by atoms with Gasteiger partial charge in [0, 0.05) is 17.0 Å². The average Bonchev–Trinajstić information content (AvgIpc) is 2.82. The van der Waals surface area contributed by atoms with Crippen LogP contribution in [0.3, 0.4) is 0 Å². The molecule has 0 unspecified atom stereocenters. The molecule has 7 heteroatoms. The molecule has 0 amide bonds. The summed E-state index contributed by atoms with van der Waals surface area (Å²) < 4.78 is 26.9. The number of hydrogen-bond donors (Lipinski definition) is 1. The van der Waals surface area contributed by atoms with Gasteiger partial charge in [0.2, 0.25) is 10.0 Å². The van der Waals surface area contributed by atoms with E-state index >= 15 is 0 Å². The molecular weight excluding hydrogens is 296 g/mol. The molecule has 1 aromatic carbocycles. The lowest BCUT2D eigenvalue weighted by Crippen LogP contribution is -2.23. The van der Waals surface area contributed by atoms with E-state index in [4.69, 9.17) is 0 Å². The zero-order chi connectivity index (χ0) is 14.8. The number of ketones is 1. The Kier molecular flexibility index (Phi) is 4.32. The number of carbonyl (C=O) groups excluding carboxylic acids is 1. The lowest BCUT2D eigenvalue weighted by atomic mass is 10.2. The highest BCUT2D eigenvalue weighted by Gasteiger charge is 2.16. The van der Waals surface area contributed by atoms with Crippen molar-refractivity contribution in [3.63, 3.8) is 0 Å². The van der Waals surface area contributed by atoms with Crippen LogP contribution in [0.5, 0.6) is 0 Å². The normalized spacial score (nSPS) is 11.5. The number of carbonyl (C=O) groups is 1. The maximum atomic E-state index is 12.2. The van der Waals surface area contributed by atoms with Crippen LogP contribution in [0.25, 0.3) is 0 Å². The standard InChI is InChI=1S/C13H14N2O3S2/c1-9-13(19-8-14-9)7-15-20(17,18)12-5-3-4-11(6-12)10(2)16/h3-6,8,15H,7H2,1-2H3. The molecule has 2 rings (SSSR count). The topological polar surface area (TPSA) is 76.1 Å². The van der Waals surface area contributed by atoms with Gasteiger partial charge in [-0.15, -0.1) is 11.3 Å². The molecule has 0 aliphatic carbocycles. The zero-order valence-corrected chi connectivity index (χ0v) is 12.7. The first-order valence-electron chi connectivity index (χ1n) is 5.90. The molecule has 1 heterocycles. The number of aromatic nitrogens is 1. The lowest BCUT2D eigenvalue weighted by molar-refractivity contribution is 0.101. The van der Waals surface area contributed by atoms with Gasteiger partial charge in [-0.3, -0.25) is 4.79 Å². The van der Waals surface area contributed by atoms with Crippen molar-refractivity contribution in [1.29, 1.82) is 0 Å². The molecule has 5 nitrogen and oxygen atoms in total. The highest BCUT2D eigenvalue weighted by Crippen LogP contribution is 2.15. The minimum Gasteiger partial charge on any atom is -0.295 e. The minimum absolute atomic E-state index is 0.0902. The number of nitrogens with one attached hydrogen (secondary N) is 1. The summed E-state index contributed by atoms with van der Waals surface area (Å²) in [5.74, 6) is -0.166. The zero-order valence-electron chi connectivity index (χ0n) is 11.1. The van der Waals surface area contributed by atoms with E-state index in [9.17, 15) is 13.2 Å². The van der Waals surface area contributed by atoms with Crippen molar-refractivity contribution in [3.8, 4) is 0 Å². The Labute approximate surface area is 121 Å². The summed E-state index contributed by atoms with van der Waals surface area (Å²) in [5.41, 5.74) is 2.87. The van der Waals surface area contributed by atoms with E-state index in [-0.39, 0.29) is 17.2 Å². The fourth-order valence-electron chi connectivity index (χ4n) is 1.62. The number of hydrogen-bond acceptors (Lipinski definition) is 5. The van der Waals surface area contributed by atoms with E-state index in [1.54, 1.807) is 17.6 Å². The molecule has 1 N–H and O–H groups in total. The third-order valence-electron chi connectivity index (χ3n) is 2.82. The van der Waals surface area contributed by atoms with Crippen LogP contribution < -0.4 is 4.72 Å². The molecule has 106 valence electrons. The predicted molar refractivity (Wildman–Crippen MR) is 77.3 cm³/mol. The fourth-order valence-corrected chi connectivity index (χ4v) is 3.47. The minimum atomic E-state index is -3.63. The molecule has 0 fully saturated rings. The van der Waals surface area contributed by atoms with Gasteiger partial charge < -0.3 is 0 Å². The summed E-state index contributed by atoms with van der Waals surface area (Å²) >= 11 is 1.40. The Bertz CT molecular complexity index is 736. The number of benzene rings is 1. The van der Waals surface area contributed by atoms with Gasteiger partial charge in [-0.25, -0.2) is 18.1 Å². The SMILES string of the molecule is CC(=O)c1cccc(S(=O)(=O)NCc2scnc2C)c1. The summed E-state index contributed by atoms with van der Waals surface area (Å²) in [6.07, 6.45) is 0.